The molecule has 2 aromatic rings. The standard InChI is InChI=1S/C15H21N5O/c1-3-21-14-12(5-4-6-13(14)16)15-17-18-19-20(15)10(2)9-11-7-8-11/h4-6,10-11H,3,7-9,16H2,1-2H3. The fraction of sp³-hybridized carbons (Fsp3) is 0.533. The van der Waals surface area contributed by atoms with Gasteiger partial charge in [0.05, 0.1) is 23.9 Å². The van der Waals surface area contributed by atoms with Crippen LogP contribution in [0.4, 0.5) is 5.69 Å². The number of anilines is 1. The molecule has 6 nitrogen and oxygen atoms in total. The first-order valence-electron chi connectivity index (χ1n) is 7.50. The molecule has 0 saturated heterocycles. The van der Waals surface area contributed by atoms with E-state index in [9.17, 15) is 0 Å². The number of benzene rings is 1. The molecular weight excluding hydrogens is 266 g/mol. The molecule has 1 aliphatic rings. The monoisotopic (exact) mass is 287 g/mol. The van der Waals surface area contributed by atoms with Gasteiger partial charge in [0.25, 0.3) is 0 Å². The summed E-state index contributed by atoms with van der Waals surface area (Å²) in [6.07, 6.45) is 3.76. The van der Waals surface area contributed by atoms with Crippen LogP contribution in [0, 0.1) is 5.92 Å². The zero-order chi connectivity index (χ0) is 14.8. The van der Waals surface area contributed by atoms with Crippen LogP contribution in [-0.4, -0.2) is 26.8 Å². The normalized spacial score (nSPS) is 15.9. The van der Waals surface area contributed by atoms with Crippen LogP contribution < -0.4 is 10.5 Å². The van der Waals surface area contributed by atoms with E-state index in [2.05, 4.69) is 22.4 Å². The van der Waals surface area contributed by atoms with Crippen LogP contribution in [0.15, 0.2) is 18.2 Å². The molecule has 1 aromatic heterocycles. The summed E-state index contributed by atoms with van der Waals surface area (Å²) in [5.74, 6) is 2.21. The lowest BCUT2D eigenvalue weighted by Gasteiger charge is -2.15. The highest BCUT2D eigenvalue weighted by molar-refractivity contribution is 5.73. The van der Waals surface area contributed by atoms with Crippen LogP contribution in [0.3, 0.4) is 0 Å². The maximum atomic E-state index is 6.03. The number of hydrogen-bond donors (Lipinski definition) is 1. The van der Waals surface area contributed by atoms with Crippen molar-refractivity contribution in [3.8, 4) is 17.1 Å². The molecule has 21 heavy (non-hydrogen) atoms. The summed E-state index contributed by atoms with van der Waals surface area (Å²) in [6.45, 7) is 4.65. The van der Waals surface area contributed by atoms with Crippen molar-refractivity contribution >= 4 is 5.69 Å². The number of aromatic nitrogens is 4. The molecule has 1 heterocycles. The number of nitrogens with two attached hydrogens (primary N) is 1. The third kappa shape index (κ3) is 2.84. The van der Waals surface area contributed by atoms with E-state index < -0.39 is 0 Å². The minimum absolute atomic E-state index is 0.276. The minimum Gasteiger partial charge on any atom is -0.491 e. The molecule has 1 aromatic carbocycles. The van der Waals surface area contributed by atoms with E-state index in [0.29, 0.717) is 18.0 Å². The molecule has 1 atom stereocenters. The largest absolute Gasteiger partial charge is 0.491 e. The Kier molecular flexibility index (Phi) is 3.77. The number of nitrogens with zero attached hydrogens (tertiary/aromatic N) is 4. The summed E-state index contributed by atoms with van der Waals surface area (Å²) in [5.41, 5.74) is 7.49. The Bertz CT molecular complexity index is 620. The van der Waals surface area contributed by atoms with Gasteiger partial charge in [0.2, 0.25) is 0 Å². The van der Waals surface area contributed by atoms with Gasteiger partial charge in [-0.25, -0.2) is 4.68 Å². The van der Waals surface area contributed by atoms with E-state index >= 15 is 0 Å². The summed E-state index contributed by atoms with van der Waals surface area (Å²) < 4.78 is 7.57. The molecule has 112 valence electrons. The first-order valence-corrected chi connectivity index (χ1v) is 7.50. The number of rotatable bonds is 6. The van der Waals surface area contributed by atoms with Crippen molar-refractivity contribution < 1.29 is 4.74 Å². The number of para-hydroxylation sites is 1. The Hall–Kier alpha value is -2.11. The third-order valence-corrected chi connectivity index (χ3v) is 3.86. The van der Waals surface area contributed by atoms with Crippen molar-refractivity contribution in [2.75, 3.05) is 12.3 Å². The van der Waals surface area contributed by atoms with Crippen molar-refractivity contribution in [3.63, 3.8) is 0 Å². The van der Waals surface area contributed by atoms with E-state index in [1.165, 1.54) is 12.8 Å². The van der Waals surface area contributed by atoms with Crippen LogP contribution in [-0.2, 0) is 0 Å². The average Bonchev–Trinajstić information content (AvgIpc) is 3.14. The topological polar surface area (TPSA) is 78.8 Å². The Balaban J connectivity index is 1.97. The van der Waals surface area contributed by atoms with Gasteiger partial charge in [-0.2, -0.15) is 0 Å². The van der Waals surface area contributed by atoms with Crippen LogP contribution in [0.25, 0.3) is 11.4 Å². The maximum absolute atomic E-state index is 6.03. The van der Waals surface area contributed by atoms with Gasteiger partial charge in [-0.05, 0) is 48.7 Å². The SMILES string of the molecule is CCOc1c(N)cccc1-c1nnnn1C(C)CC1CC1. The molecule has 0 amide bonds. The van der Waals surface area contributed by atoms with Gasteiger partial charge < -0.3 is 10.5 Å². The van der Waals surface area contributed by atoms with E-state index in [-0.39, 0.29) is 6.04 Å². The molecule has 2 N–H and O–H groups in total. The third-order valence-electron chi connectivity index (χ3n) is 3.86. The first-order chi connectivity index (χ1) is 10.2. The molecule has 1 fully saturated rings. The Morgan fingerprint density at radius 1 is 1.43 bits per heavy atom. The molecule has 3 rings (SSSR count). The lowest BCUT2D eigenvalue weighted by atomic mass is 10.1. The van der Waals surface area contributed by atoms with Gasteiger partial charge in [-0.3, -0.25) is 0 Å². The molecule has 0 spiro atoms. The van der Waals surface area contributed by atoms with Gasteiger partial charge in [0.15, 0.2) is 11.6 Å². The first kappa shape index (κ1) is 13.9. The van der Waals surface area contributed by atoms with Crippen LogP contribution in [0.1, 0.15) is 39.2 Å². The van der Waals surface area contributed by atoms with E-state index in [0.717, 1.165) is 23.7 Å². The second-order valence-corrected chi connectivity index (χ2v) is 5.63. The number of hydrogen-bond acceptors (Lipinski definition) is 5. The second-order valence-electron chi connectivity index (χ2n) is 5.63. The molecule has 0 radical (unpaired) electrons. The molecule has 0 aliphatic heterocycles. The zero-order valence-electron chi connectivity index (χ0n) is 12.5. The number of nitrogen functional groups attached to an aromatic ring is 1. The Morgan fingerprint density at radius 3 is 2.95 bits per heavy atom. The van der Waals surface area contributed by atoms with Crippen molar-refractivity contribution in [3.05, 3.63) is 18.2 Å². The fourth-order valence-electron chi connectivity index (χ4n) is 2.64. The summed E-state index contributed by atoms with van der Waals surface area (Å²) >= 11 is 0. The summed E-state index contributed by atoms with van der Waals surface area (Å²) in [7, 11) is 0. The summed E-state index contributed by atoms with van der Waals surface area (Å²) in [4.78, 5) is 0. The van der Waals surface area contributed by atoms with Gasteiger partial charge in [0, 0.05) is 0 Å². The predicted molar refractivity (Wildman–Crippen MR) is 80.9 cm³/mol. The quantitative estimate of drug-likeness (QED) is 0.826. The van der Waals surface area contributed by atoms with E-state index in [4.69, 9.17) is 10.5 Å². The van der Waals surface area contributed by atoms with Crippen molar-refractivity contribution in [2.24, 2.45) is 5.92 Å². The Morgan fingerprint density at radius 2 is 2.24 bits per heavy atom. The number of tetrazole rings is 1. The van der Waals surface area contributed by atoms with Gasteiger partial charge in [0.1, 0.15) is 0 Å². The van der Waals surface area contributed by atoms with Crippen LogP contribution >= 0.6 is 0 Å². The molecular formula is C15H21N5O. The minimum atomic E-state index is 0.276. The molecule has 1 saturated carbocycles. The van der Waals surface area contributed by atoms with Gasteiger partial charge >= 0.3 is 0 Å². The Labute approximate surface area is 124 Å². The van der Waals surface area contributed by atoms with Gasteiger partial charge in [-0.1, -0.05) is 18.9 Å². The fourth-order valence-corrected chi connectivity index (χ4v) is 2.64. The molecule has 6 heteroatoms. The van der Waals surface area contributed by atoms with Crippen molar-refractivity contribution in [1.82, 2.24) is 20.2 Å². The highest BCUT2D eigenvalue weighted by atomic mass is 16.5. The lowest BCUT2D eigenvalue weighted by molar-refractivity contribution is 0.342. The van der Waals surface area contributed by atoms with Crippen LogP contribution in [0.2, 0.25) is 0 Å². The number of ether oxygens (including phenoxy) is 1. The summed E-state index contributed by atoms with van der Waals surface area (Å²) in [6, 6.07) is 5.96. The van der Waals surface area contributed by atoms with Gasteiger partial charge in [-0.15, -0.1) is 5.10 Å². The molecule has 1 unspecified atom stereocenters. The summed E-state index contributed by atoms with van der Waals surface area (Å²) in [5, 5.41) is 12.2. The maximum Gasteiger partial charge on any atom is 0.186 e. The smallest absolute Gasteiger partial charge is 0.186 e. The second kappa shape index (κ2) is 5.71. The lowest BCUT2D eigenvalue weighted by Crippen LogP contribution is -2.11. The van der Waals surface area contributed by atoms with Crippen molar-refractivity contribution in [1.29, 1.82) is 0 Å². The van der Waals surface area contributed by atoms with Crippen LogP contribution in [0.5, 0.6) is 5.75 Å². The molecule has 1 aliphatic carbocycles. The van der Waals surface area contributed by atoms with E-state index in [1.807, 2.05) is 29.8 Å². The zero-order valence-corrected chi connectivity index (χ0v) is 12.5. The predicted octanol–water partition coefficient (Wildman–Crippen LogP) is 2.68. The average molecular weight is 287 g/mol. The highest BCUT2D eigenvalue weighted by Gasteiger charge is 2.27. The highest BCUT2D eigenvalue weighted by Crippen LogP contribution is 2.39. The molecule has 0 bridgehead atoms. The van der Waals surface area contributed by atoms with E-state index in [1.54, 1.807) is 0 Å². The van der Waals surface area contributed by atoms with Crippen molar-refractivity contribution in [2.45, 2.75) is 39.2 Å².